The summed E-state index contributed by atoms with van der Waals surface area (Å²) in [4.78, 5) is 19.6. The maximum Gasteiger partial charge on any atom is 0.264 e. The minimum Gasteiger partial charge on any atom is -0.332 e. The minimum absolute atomic E-state index is 0.136. The van der Waals surface area contributed by atoms with Crippen LogP contribution in [0.25, 0.3) is 0 Å². The zero-order valence-electron chi connectivity index (χ0n) is 11.2. The van der Waals surface area contributed by atoms with Crippen molar-refractivity contribution in [2.75, 3.05) is 6.54 Å². The van der Waals surface area contributed by atoms with Crippen molar-refractivity contribution in [3.05, 3.63) is 40.1 Å². The first-order valence-corrected chi connectivity index (χ1v) is 7.42. The number of amides is 1. The molecule has 0 aromatic carbocycles. The topological polar surface area (TPSA) is 38.1 Å². The van der Waals surface area contributed by atoms with Crippen LogP contribution in [0.4, 0.5) is 0 Å². The molecule has 1 aliphatic rings. The number of carbonyl (C=O) groups excluding carboxylic acids is 1. The Hall–Kier alpha value is -1.62. The van der Waals surface area contributed by atoms with E-state index in [2.05, 4.69) is 23.4 Å². The maximum atomic E-state index is 12.4. The predicted molar refractivity (Wildman–Crippen MR) is 75.4 cm³/mol. The molecule has 3 rings (SSSR count). The molecule has 0 spiro atoms. The molecule has 0 radical (unpaired) electrons. The van der Waals surface area contributed by atoms with Crippen LogP contribution in [0, 0.1) is 0 Å². The molecule has 3 heterocycles. The van der Waals surface area contributed by atoms with Gasteiger partial charge in [-0.05, 0) is 25.3 Å². The van der Waals surface area contributed by atoms with Crippen molar-refractivity contribution in [2.45, 2.75) is 32.9 Å². The van der Waals surface area contributed by atoms with Gasteiger partial charge in [-0.15, -0.1) is 11.3 Å². The second-order valence-corrected chi connectivity index (χ2v) is 6.04. The number of carbonyl (C=O) groups is 1. The highest BCUT2D eigenvalue weighted by Crippen LogP contribution is 2.23. The Labute approximate surface area is 116 Å². The molecule has 4 nitrogen and oxygen atoms in total. The average Bonchev–Trinajstić information content (AvgIpc) is 3.06. The number of aromatic nitrogens is 2. The van der Waals surface area contributed by atoms with Crippen LogP contribution in [0.3, 0.4) is 0 Å². The van der Waals surface area contributed by atoms with Gasteiger partial charge in [0.1, 0.15) is 0 Å². The summed E-state index contributed by atoms with van der Waals surface area (Å²) in [5.41, 5.74) is 2.33. The quantitative estimate of drug-likeness (QED) is 0.845. The fourth-order valence-corrected chi connectivity index (χ4v) is 3.17. The number of fused-ring (bicyclic) bond motifs is 1. The van der Waals surface area contributed by atoms with Crippen molar-refractivity contribution in [1.82, 2.24) is 14.5 Å². The predicted octanol–water partition coefficient (Wildman–Crippen LogP) is 2.72. The van der Waals surface area contributed by atoms with Crippen molar-refractivity contribution in [1.29, 1.82) is 0 Å². The molecule has 0 bridgehead atoms. The summed E-state index contributed by atoms with van der Waals surface area (Å²) >= 11 is 1.50. The molecule has 0 atom stereocenters. The molecule has 0 N–H and O–H groups in total. The van der Waals surface area contributed by atoms with E-state index in [1.54, 1.807) is 0 Å². The summed E-state index contributed by atoms with van der Waals surface area (Å²) in [5.74, 6) is 0.136. The summed E-state index contributed by atoms with van der Waals surface area (Å²) < 4.78 is 2.17. The lowest BCUT2D eigenvalue weighted by atomic mass is 10.1. The fourth-order valence-electron chi connectivity index (χ4n) is 2.48. The van der Waals surface area contributed by atoms with E-state index in [1.165, 1.54) is 17.0 Å². The zero-order chi connectivity index (χ0) is 13.4. The van der Waals surface area contributed by atoms with Crippen LogP contribution >= 0.6 is 11.3 Å². The molecule has 0 unspecified atom stereocenters. The van der Waals surface area contributed by atoms with Crippen LogP contribution in [0.5, 0.6) is 0 Å². The first kappa shape index (κ1) is 12.4. The molecule has 1 aliphatic heterocycles. The first-order valence-electron chi connectivity index (χ1n) is 6.54. The molecule has 100 valence electrons. The van der Waals surface area contributed by atoms with Gasteiger partial charge in [0, 0.05) is 19.0 Å². The van der Waals surface area contributed by atoms with Crippen LogP contribution in [-0.4, -0.2) is 26.9 Å². The number of hydrogen-bond acceptors (Lipinski definition) is 3. The third kappa shape index (κ3) is 2.18. The lowest BCUT2D eigenvalue weighted by Crippen LogP contribution is -2.36. The smallest absolute Gasteiger partial charge is 0.264 e. The SMILES string of the molecule is CC(C)n1cnc2c1CN(C(=O)c1cccs1)CC2. The highest BCUT2D eigenvalue weighted by Gasteiger charge is 2.26. The first-order chi connectivity index (χ1) is 9.16. The van der Waals surface area contributed by atoms with E-state index in [-0.39, 0.29) is 5.91 Å². The van der Waals surface area contributed by atoms with Gasteiger partial charge < -0.3 is 9.47 Å². The molecule has 2 aromatic rings. The molecular formula is C14H17N3OS. The maximum absolute atomic E-state index is 12.4. The molecule has 0 fully saturated rings. The third-order valence-corrected chi connectivity index (χ3v) is 4.38. The normalized spacial score (nSPS) is 14.8. The second-order valence-electron chi connectivity index (χ2n) is 5.09. The van der Waals surface area contributed by atoms with Gasteiger partial charge in [0.2, 0.25) is 0 Å². The lowest BCUT2D eigenvalue weighted by Gasteiger charge is -2.28. The van der Waals surface area contributed by atoms with Crippen molar-refractivity contribution in [3.8, 4) is 0 Å². The van der Waals surface area contributed by atoms with Crippen molar-refractivity contribution in [3.63, 3.8) is 0 Å². The third-order valence-electron chi connectivity index (χ3n) is 3.52. The Morgan fingerprint density at radius 3 is 3.00 bits per heavy atom. The van der Waals surface area contributed by atoms with Gasteiger partial charge in [-0.3, -0.25) is 4.79 Å². The van der Waals surface area contributed by atoms with Crippen molar-refractivity contribution < 1.29 is 4.79 Å². The Kier molecular flexibility index (Phi) is 3.14. The van der Waals surface area contributed by atoms with E-state index in [4.69, 9.17) is 0 Å². The Morgan fingerprint density at radius 2 is 2.32 bits per heavy atom. The molecular weight excluding hydrogens is 258 g/mol. The molecule has 0 aliphatic carbocycles. The number of thiophene rings is 1. The number of hydrogen-bond donors (Lipinski definition) is 0. The molecule has 0 saturated carbocycles. The van der Waals surface area contributed by atoms with E-state index in [9.17, 15) is 4.79 Å². The van der Waals surface area contributed by atoms with Crippen LogP contribution in [0.1, 0.15) is 40.9 Å². The summed E-state index contributed by atoms with van der Waals surface area (Å²) in [6, 6.07) is 4.20. The Balaban J connectivity index is 1.85. The highest BCUT2D eigenvalue weighted by atomic mass is 32.1. The van der Waals surface area contributed by atoms with Crippen LogP contribution in [0.2, 0.25) is 0 Å². The molecule has 1 amide bonds. The number of imidazole rings is 1. The average molecular weight is 275 g/mol. The monoisotopic (exact) mass is 275 g/mol. The number of rotatable bonds is 2. The molecule has 5 heteroatoms. The van der Waals surface area contributed by atoms with Gasteiger partial charge in [-0.2, -0.15) is 0 Å². The summed E-state index contributed by atoms with van der Waals surface area (Å²) in [5, 5.41) is 1.95. The summed E-state index contributed by atoms with van der Waals surface area (Å²) in [6.07, 6.45) is 2.75. The van der Waals surface area contributed by atoms with Crippen LogP contribution in [-0.2, 0) is 13.0 Å². The van der Waals surface area contributed by atoms with Gasteiger partial charge in [-0.1, -0.05) is 6.07 Å². The highest BCUT2D eigenvalue weighted by molar-refractivity contribution is 7.12. The largest absolute Gasteiger partial charge is 0.332 e. The van der Waals surface area contributed by atoms with E-state index in [0.717, 1.165) is 23.5 Å². The molecule has 19 heavy (non-hydrogen) atoms. The molecule has 2 aromatic heterocycles. The Bertz CT molecular complexity index is 586. The summed E-state index contributed by atoms with van der Waals surface area (Å²) in [6.45, 7) is 5.72. The second kappa shape index (κ2) is 4.81. The van der Waals surface area contributed by atoms with Crippen LogP contribution in [0.15, 0.2) is 23.8 Å². The van der Waals surface area contributed by atoms with Crippen LogP contribution < -0.4 is 0 Å². The van der Waals surface area contributed by atoms with Gasteiger partial charge in [0.15, 0.2) is 0 Å². The molecule has 0 saturated heterocycles. The van der Waals surface area contributed by atoms with Gasteiger partial charge >= 0.3 is 0 Å². The van der Waals surface area contributed by atoms with Crippen molar-refractivity contribution >= 4 is 17.2 Å². The zero-order valence-corrected chi connectivity index (χ0v) is 12.0. The van der Waals surface area contributed by atoms with Crippen molar-refractivity contribution in [2.24, 2.45) is 0 Å². The number of nitrogens with zero attached hydrogens (tertiary/aromatic N) is 3. The summed E-state index contributed by atoms with van der Waals surface area (Å²) in [7, 11) is 0. The standard InChI is InChI=1S/C14H17N3OS/c1-10(2)17-9-15-11-5-6-16(8-12(11)17)14(18)13-4-3-7-19-13/h3-4,7,9-10H,5-6,8H2,1-2H3. The van der Waals surface area contributed by atoms with E-state index < -0.39 is 0 Å². The lowest BCUT2D eigenvalue weighted by molar-refractivity contribution is 0.0733. The minimum atomic E-state index is 0.136. The Morgan fingerprint density at radius 1 is 1.47 bits per heavy atom. The van der Waals surface area contributed by atoms with Gasteiger partial charge in [0.05, 0.1) is 29.1 Å². The fraction of sp³-hybridized carbons (Fsp3) is 0.429. The van der Waals surface area contributed by atoms with E-state index in [1.807, 2.05) is 28.7 Å². The van der Waals surface area contributed by atoms with Gasteiger partial charge in [0.25, 0.3) is 5.91 Å². The van der Waals surface area contributed by atoms with Gasteiger partial charge in [-0.25, -0.2) is 4.98 Å². The van der Waals surface area contributed by atoms with E-state index in [0.29, 0.717) is 12.6 Å². The van der Waals surface area contributed by atoms with E-state index >= 15 is 0 Å².